The minimum atomic E-state index is 0.0458. The van der Waals surface area contributed by atoms with Gasteiger partial charge in [0.05, 0.1) is 0 Å². The summed E-state index contributed by atoms with van der Waals surface area (Å²) in [6.45, 7) is 3.38. The van der Waals surface area contributed by atoms with Crippen molar-refractivity contribution >= 4 is 29.1 Å². The number of fused-ring (bicyclic) bond motifs is 3. The number of nitrogens with zero attached hydrogens (tertiary/aromatic N) is 1. The number of amides is 1. The van der Waals surface area contributed by atoms with Gasteiger partial charge in [-0.15, -0.1) is 0 Å². The second-order valence-corrected chi connectivity index (χ2v) is 7.44. The first-order valence-electron chi connectivity index (χ1n) is 8.15. The van der Waals surface area contributed by atoms with Crippen LogP contribution >= 0.6 is 23.2 Å². The molecule has 24 heavy (non-hydrogen) atoms. The van der Waals surface area contributed by atoms with E-state index in [2.05, 4.69) is 16.3 Å². The van der Waals surface area contributed by atoms with Crippen LogP contribution in [-0.2, 0) is 6.54 Å². The lowest BCUT2D eigenvalue weighted by Crippen LogP contribution is -2.29. The molecular formula is C19H18Cl2N2O. The van der Waals surface area contributed by atoms with Gasteiger partial charge in [0.1, 0.15) is 0 Å². The van der Waals surface area contributed by atoms with Gasteiger partial charge in [-0.2, -0.15) is 0 Å². The molecule has 5 heteroatoms. The number of nitrogens with one attached hydrogen (secondary N) is 1. The highest BCUT2D eigenvalue weighted by Crippen LogP contribution is 2.37. The van der Waals surface area contributed by atoms with Crippen LogP contribution in [0.3, 0.4) is 0 Å². The van der Waals surface area contributed by atoms with Gasteiger partial charge in [-0.1, -0.05) is 41.4 Å². The third kappa shape index (κ3) is 2.92. The van der Waals surface area contributed by atoms with Gasteiger partial charge in [0.25, 0.3) is 5.91 Å². The van der Waals surface area contributed by atoms with E-state index in [4.69, 9.17) is 23.2 Å². The molecule has 2 atom stereocenters. The molecule has 0 aliphatic carbocycles. The van der Waals surface area contributed by atoms with E-state index in [9.17, 15) is 4.79 Å². The maximum Gasteiger partial charge on any atom is 0.251 e. The van der Waals surface area contributed by atoms with Gasteiger partial charge in [-0.25, -0.2) is 0 Å². The second kappa shape index (κ2) is 6.40. The zero-order valence-electron chi connectivity index (χ0n) is 13.1. The number of hydrogen-bond donors (Lipinski definition) is 1. The highest BCUT2D eigenvalue weighted by molar-refractivity contribution is 6.33. The fourth-order valence-corrected chi connectivity index (χ4v) is 4.27. The summed E-state index contributed by atoms with van der Waals surface area (Å²) in [6, 6.07) is 13.6. The zero-order valence-corrected chi connectivity index (χ0v) is 14.6. The molecule has 2 aliphatic heterocycles. The van der Waals surface area contributed by atoms with Crippen molar-refractivity contribution in [1.29, 1.82) is 0 Å². The van der Waals surface area contributed by atoms with Crippen LogP contribution in [0.4, 0.5) is 0 Å². The van der Waals surface area contributed by atoms with Crippen LogP contribution in [0.25, 0.3) is 0 Å². The van der Waals surface area contributed by atoms with E-state index < -0.39 is 0 Å². The van der Waals surface area contributed by atoms with E-state index in [0.29, 0.717) is 16.9 Å². The van der Waals surface area contributed by atoms with Crippen LogP contribution in [-0.4, -0.2) is 30.4 Å². The smallest absolute Gasteiger partial charge is 0.251 e. The molecule has 1 saturated heterocycles. The van der Waals surface area contributed by atoms with Crippen LogP contribution in [0.1, 0.15) is 27.4 Å². The lowest BCUT2D eigenvalue weighted by molar-refractivity contribution is 0.0951. The number of carbonyl (C=O) groups excluding carboxylic acids is 1. The maximum atomic E-state index is 12.2. The summed E-state index contributed by atoms with van der Waals surface area (Å²) in [6.07, 6.45) is 0. The Balaban J connectivity index is 1.59. The Hall–Kier alpha value is -1.55. The van der Waals surface area contributed by atoms with Gasteiger partial charge in [-0.05, 0) is 41.3 Å². The zero-order chi connectivity index (χ0) is 16.7. The normalized spacial score (nSPS) is 23.3. The van der Waals surface area contributed by atoms with E-state index in [1.807, 2.05) is 36.4 Å². The van der Waals surface area contributed by atoms with Gasteiger partial charge in [-0.3, -0.25) is 9.69 Å². The molecule has 4 rings (SSSR count). The summed E-state index contributed by atoms with van der Waals surface area (Å²) in [5, 5.41) is 4.52. The number of halogens is 2. The van der Waals surface area contributed by atoms with Crippen molar-refractivity contribution in [3.8, 4) is 0 Å². The quantitative estimate of drug-likeness (QED) is 0.879. The fraction of sp³-hybridized carbons (Fsp3) is 0.316. The van der Waals surface area contributed by atoms with Gasteiger partial charge < -0.3 is 5.32 Å². The molecule has 124 valence electrons. The Morgan fingerprint density at radius 1 is 1.12 bits per heavy atom. The molecule has 0 unspecified atom stereocenters. The van der Waals surface area contributed by atoms with Crippen LogP contribution in [0.5, 0.6) is 0 Å². The number of rotatable bonds is 2. The van der Waals surface area contributed by atoms with E-state index >= 15 is 0 Å². The Bertz CT molecular complexity index is 793. The highest BCUT2D eigenvalue weighted by atomic mass is 35.5. The monoisotopic (exact) mass is 360 g/mol. The number of benzene rings is 2. The molecule has 1 N–H and O–H groups in total. The molecule has 0 aromatic heterocycles. The number of hydrogen-bond acceptors (Lipinski definition) is 2. The molecule has 2 aromatic rings. The predicted molar refractivity (Wildman–Crippen MR) is 96.7 cm³/mol. The Morgan fingerprint density at radius 2 is 1.96 bits per heavy atom. The maximum absolute atomic E-state index is 12.2. The summed E-state index contributed by atoms with van der Waals surface area (Å²) >= 11 is 12.4. The molecule has 3 nitrogen and oxygen atoms in total. The molecule has 0 saturated carbocycles. The molecule has 2 aliphatic rings. The summed E-state index contributed by atoms with van der Waals surface area (Å²) < 4.78 is 0. The second-order valence-electron chi connectivity index (χ2n) is 6.59. The predicted octanol–water partition coefficient (Wildman–Crippen LogP) is 3.95. The highest BCUT2D eigenvalue weighted by Gasteiger charge is 2.37. The van der Waals surface area contributed by atoms with E-state index in [1.54, 1.807) is 0 Å². The van der Waals surface area contributed by atoms with Crippen molar-refractivity contribution < 1.29 is 4.79 Å². The van der Waals surface area contributed by atoms with Crippen molar-refractivity contribution in [2.75, 3.05) is 19.6 Å². The molecule has 0 spiro atoms. The van der Waals surface area contributed by atoms with Crippen molar-refractivity contribution in [3.63, 3.8) is 0 Å². The van der Waals surface area contributed by atoms with E-state index in [1.165, 1.54) is 0 Å². The van der Waals surface area contributed by atoms with Crippen molar-refractivity contribution in [2.24, 2.45) is 5.92 Å². The van der Waals surface area contributed by atoms with E-state index in [-0.39, 0.29) is 5.91 Å². The minimum absolute atomic E-state index is 0.0458. The minimum Gasteiger partial charge on any atom is -0.352 e. The topological polar surface area (TPSA) is 32.3 Å². The first kappa shape index (κ1) is 15.9. The summed E-state index contributed by atoms with van der Waals surface area (Å²) in [5.74, 6) is 0.845. The summed E-state index contributed by atoms with van der Waals surface area (Å²) in [5.41, 5.74) is 3.03. The Morgan fingerprint density at radius 3 is 2.83 bits per heavy atom. The van der Waals surface area contributed by atoms with Gasteiger partial charge in [0, 0.05) is 47.7 Å². The van der Waals surface area contributed by atoms with E-state index in [0.717, 1.165) is 47.9 Å². The van der Waals surface area contributed by atoms with Crippen LogP contribution in [0.2, 0.25) is 10.0 Å². The number of carbonyl (C=O) groups is 1. The molecule has 2 aromatic carbocycles. The molecule has 1 amide bonds. The molecule has 0 bridgehead atoms. The van der Waals surface area contributed by atoms with Crippen molar-refractivity contribution in [1.82, 2.24) is 10.2 Å². The van der Waals surface area contributed by atoms with Crippen molar-refractivity contribution in [2.45, 2.75) is 12.5 Å². The SMILES string of the molecule is O=C1NC[C@@H]2CN(Cc3cc(Cl)ccc3Cl)C[C@H]2c2ccccc21. The fourth-order valence-electron chi connectivity index (χ4n) is 3.90. The van der Waals surface area contributed by atoms with Crippen LogP contribution < -0.4 is 5.32 Å². The summed E-state index contributed by atoms with van der Waals surface area (Å²) in [4.78, 5) is 14.6. The Kier molecular flexibility index (Phi) is 4.25. The third-order valence-corrected chi connectivity index (χ3v) is 5.65. The summed E-state index contributed by atoms with van der Waals surface area (Å²) in [7, 11) is 0. The van der Waals surface area contributed by atoms with Crippen molar-refractivity contribution in [3.05, 3.63) is 69.2 Å². The largest absolute Gasteiger partial charge is 0.352 e. The van der Waals surface area contributed by atoms with Crippen LogP contribution in [0.15, 0.2) is 42.5 Å². The molecule has 1 fully saturated rings. The first-order valence-corrected chi connectivity index (χ1v) is 8.91. The Labute approximate surface area is 151 Å². The lowest BCUT2D eigenvalue weighted by Gasteiger charge is -2.18. The van der Waals surface area contributed by atoms with Gasteiger partial charge in [0.2, 0.25) is 0 Å². The third-order valence-electron chi connectivity index (χ3n) is 5.05. The molecule has 2 heterocycles. The molecule has 0 radical (unpaired) electrons. The average molecular weight is 361 g/mol. The average Bonchev–Trinajstić information content (AvgIpc) is 2.93. The van der Waals surface area contributed by atoms with Gasteiger partial charge in [0.15, 0.2) is 0 Å². The molecular weight excluding hydrogens is 343 g/mol. The number of likely N-dealkylation sites (tertiary alicyclic amines) is 1. The van der Waals surface area contributed by atoms with Crippen LogP contribution in [0, 0.1) is 5.92 Å². The lowest BCUT2D eigenvalue weighted by atomic mass is 9.87. The standard InChI is InChI=1S/C19H18Cl2N2O/c20-14-5-6-18(21)12(7-14)9-23-10-13-8-22-19(24)16-4-2-1-3-15(16)17(13)11-23/h1-7,13,17H,8-11H2,(H,22,24)/t13-,17-/m1/s1. The van der Waals surface area contributed by atoms with Gasteiger partial charge >= 0.3 is 0 Å². The first-order chi connectivity index (χ1) is 11.6.